The summed E-state index contributed by atoms with van der Waals surface area (Å²) >= 11 is 0. The second kappa shape index (κ2) is 11.1. The van der Waals surface area contributed by atoms with Crippen molar-refractivity contribution in [2.75, 3.05) is 27.2 Å². The van der Waals surface area contributed by atoms with Crippen molar-refractivity contribution in [3.8, 4) is 11.5 Å². The van der Waals surface area contributed by atoms with E-state index >= 15 is 0 Å². The van der Waals surface area contributed by atoms with Crippen LogP contribution in [0.1, 0.15) is 24.0 Å². The summed E-state index contributed by atoms with van der Waals surface area (Å²) in [6.45, 7) is 4.69. The normalized spacial score (nSPS) is 15.0. The first kappa shape index (κ1) is 22.3. The summed E-state index contributed by atoms with van der Waals surface area (Å²) in [4.78, 5) is 6.76. The van der Waals surface area contributed by atoms with E-state index in [2.05, 4.69) is 34.3 Å². The van der Waals surface area contributed by atoms with Gasteiger partial charge in [0.05, 0.1) is 7.11 Å². The molecule has 2 aromatic rings. The Labute approximate surface area is 185 Å². The van der Waals surface area contributed by atoms with Gasteiger partial charge in [-0.05, 0) is 42.3 Å². The summed E-state index contributed by atoms with van der Waals surface area (Å²) in [6.07, 6.45) is 2.25. The second-order valence-electron chi connectivity index (χ2n) is 6.88. The van der Waals surface area contributed by atoms with Gasteiger partial charge in [0.25, 0.3) is 0 Å². The molecule has 0 amide bonds. The zero-order chi connectivity index (χ0) is 19.1. The summed E-state index contributed by atoms with van der Waals surface area (Å²) in [5.41, 5.74) is 2.38. The zero-order valence-corrected chi connectivity index (χ0v) is 19.2. The summed E-state index contributed by atoms with van der Waals surface area (Å²) < 4.78 is 11.4. The fraction of sp³-hybridized carbons (Fsp3) is 0.409. The lowest BCUT2D eigenvalue weighted by Crippen LogP contribution is -2.47. The van der Waals surface area contributed by atoms with Crippen LogP contribution in [0.4, 0.5) is 0 Å². The Bertz CT molecular complexity index is 760. The number of halogens is 1. The number of piperidine rings is 1. The molecule has 1 fully saturated rings. The number of guanidine groups is 1. The van der Waals surface area contributed by atoms with Gasteiger partial charge < -0.3 is 19.7 Å². The standard InChI is InChI=1S/C22H29N3O2.HI/c1-17-13-18(15-21(14-17)26-3)16-24-22(23-2)25-11-9-20(10-12-25)27-19-7-5-4-6-8-19;/h4-8,13-15,20H,9-12,16H2,1-3H3,(H,23,24);1H. The summed E-state index contributed by atoms with van der Waals surface area (Å²) in [6, 6.07) is 16.3. The Morgan fingerprint density at radius 2 is 1.82 bits per heavy atom. The zero-order valence-electron chi connectivity index (χ0n) is 16.9. The van der Waals surface area contributed by atoms with E-state index in [1.807, 2.05) is 43.4 Å². The van der Waals surface area contributed by atoms with Crippen LogP contribution in [0.25, 0.3) is 0 Å². The van der Waals surface area contributed by atoms with Gasteiger partial charge in [0, 0.05) is 39.5 Å². The average molecular weight is 495 g/mol. The van der Waals surface area contributed by atoms with Crippen molar-refractivity contribution in [2.45, 2.75) is 32.4 Å². The Balaban J connectivity index is 0.00000280. The van der Waals surface area contributed by atoms with Gasteiger partial charge in [-0.3, -0.25) is 4.99 Å². The molecule has 6 heteroatoms. The van der Waals surface area contributed by atoms with Crippen molar-refractivity contribution in [1.29, 1.82) is 0 Å². The van der Waals surface area contributed by atoms with E-state index in [4.69, 9.17) is 9.47 Å². The molecule has 0 spiro atoms. The lowest BCUT2D eigenvalue weighted by atomic mass is 10.1. The fourth-order valence-electron chi connectivity index (χ4n) is 3.43. The first-order valence-corrected chi connectivity index (χ1v) is 9.50. The van der Waals surface area contributed by atoms with Gasteiger partial charge in [-0.15, -0.1) is 24.0 Å². The maximum Gasteiger partial charge on any atom is 0.193 e. The minimum atomic E-state index is 0. The van der Waals surface area contributed by atoms with E-state index in [9.17, 15) is 0 Å². The SMILES string of the molecule is CN=C(NCc1cc(C)cc(OC)c1)N1CCC(Oc2ccccc2)CC1.I. The molecule has 152 valence electrons. The molecule has 5 nitrogen and oxygen atoms in total. The topological polar surface area (TPSA) is 46.1 Å². The summed E-state index contributed by atoms with van der Waals surface area (Å²) in [5, 5.41) is 3.48. The molecule has 1 aliphatic rings. The largest absolute Gasteiger partial charge is 0.497 e. The van der Waals surface area contributed by atoms with E-state index in [0.717, 1.165) is 49.9 Å². The lowest BCUT2D eigenvalue weighted by molar-refractivity contribution is 0.129. The van der Waals surface area contributed by atoms with E-state index in [0.29, 0.717) is 0 Å². The molecule has 1 saturated heterocycles. The number of methoxy groups -OCH3 is 1. The van der Waals surface area contributed by atoms with Crippen LogP contribution < -0.4 is 14.8 Å². The third kappa shape index (κ3) is 6.29. The van der Waals surface area contributed by atoms with Crippen molar-refractivity contribution in [1.82, 2.24) is 10.2 Å². The summed E-state index contributed by atoms with van der Waals surface area (Å²) in [5.74, 6) is 2.78. The molecule has 0 saturated carbocycles. The van der Waals surface area contributed by atoms with Crippen molar-refractivity contribution < 1.29 is 9.47 Å². The minimum Gasteiger partial charge on any atom is -0.497 e. The van der Waals surface area contributed by atoms with Crippen molar-refractivity contribution in [3.63, 3.8) is 0 Å². The predicted octanol–water partition coefficient (Wildman–Crippen LogP) is 4.24. The van der Waals surface area contributed by atoms with Crippen LogP contribution in [0.2, 0.25) is 0 Å². The van der Waals surface area contributed by atoms with Crippen molar-refractivity contribution >= 4 is 29.9 Å². The number of nitrogens with one attached hydrogen (secondary N) is 1. The number of para-hydroxylation sites is 1. The Morgan fingerprint density at radius 1 is 1.11 bits per heavy atom. The van der Waals surface area contributed by atoms with E-state index in [-0.39, 0.29) is 30.1 Å². The molecule has 28 heavy (non-hydrogen) atoms. The molecule has 1 heterocycles. The number of benzene rings is 2. The molecule has 0 atom stereocenters. The molecular weight excluding hydrogens is 465 g/mol. The second-order valence-corrected chi connectivity index (χ2v) is 6.88. The minimum absolute atomic E-state index is 0. The predicted molar refractivity (Wildman–Crippen MR) is 125 cm³/mol. The average Bonchev–Trinajstić information content (AvgIpc) is 2.70. The molecule has 1 aliphatic heterocycles. The fourth-order valence-corrected chi connectivity index (χ4v) is 3.43. The lowest BCUT2D eigenvalue weighted by Gasteiger charge is -2.34. The van der Waals surface area contributed by atoms with E-state index < -0.39 is 0 Å². The maximum atomic E-state index is 6.08. The van der Waals surface area contributed by atoms with Crippen molar-refractivity contribution in [3.05, 3.63) is 59.7 Å². The Kier molecular flexibility index (Phi) is 8.89. The summed E-state index contributed by atoms with van der Waals surface area (Å²) in [7, 11) is 3.54. The quantitative estimate of drug-likeness (QED) is 0.383. The molecule has 0 aliphatic carbocycles. The van der Waals surface area contributed by atoms with Gasteiger partial charge in [0.2, 0.25) is 0 Å². The molecule has 0 radical (unpaired) electrons. The van der Waals surface area contributed by atoms with Gasteiger partial charge in [-0.2, -0.15) is 0 Å². The van der Waals surface area contributed by atoms with Crippen LogP contribution in [-0.2, 0) is 6.54 Å². The molecule has 1 N–H and O–H groups in total. The van der Waals surface area contributed by atoms with Crippen LogP contribution >= 0.6 is 24.0 Å². The number of ether oxygens (including phenoxy) is 2. The van der Waals surface area contributed by atoms with Crippen molar-refractivity contribution in [2.24, 2.45) is 4.99 Å². The molecule has 3 rings (SSSR count). The van der Waals surface area contributed by atoms with Crippen LogP contribution in [0.15, 0.2) is 53.5 Å². The molecule has 0 aromatic heterocycles. The van der Waals surface area contributed by atoms with Crippen LogP contribution in [-0.4, -0.2) is 44.2 Å². The molecule has 2 aromatic carbocycles. The maximum absolute atomic E-state index is 6.08. The van der Waals surface area contributed by atoms with Gasteiger partial charge in [-0.1, -0.05) is 24.3 Å². The first-order chi connectivity index (χ1) is 13.2. The number of nitrogens with zero attached hydrogens (tertiary/aromatic N) is 2. The highest BCUT2D eigenvalue weighted by atomic mass is 127. The third-order valence-electron chi connectivity index (χ3n) is 4.80. The number of aliphatic imine (C=N–C) groups is 1. The van der Waals surface area contributed by atoms with Gasteiger partial charge in [0.1, 0.15) is 17.6 Å². The Hall–Kier alpha value is -1.96. The van der Waals surface area contributed by atoms with Gasteiger partial charge in [-0.25, -0.2) is 0 Å². The highest BCUT2D eigenvalue weighted by Crippen LogP contribution is 2.19. The number of rotatable bonds is 5. The van der Waals surface area contributed by atoms with Crippen LogP contribution in [0, 0.1) is 6.92 Å². The smallest absolute Gasteiger partial charge is 0.193 e. The number of hydrogen-bond acceptors (Lipinski definition) is 3. The third-order valence-corrected chi connectivity index (χ3v) is 4.80. The van der Waals surface area contributed by atoms with E-state index in [1.165, 1.54) is 11.1 Å². The first-order valence-electron chi connectivity index (χ1n) is 9.50. The highest BCUT2D eigenvalue weighted by molar-refractivity contribution is 14.0. The number of likely N-dealkylation sites (tertiary alicyclic amines) is 1. The van der Waals surface area contributed by atoms with Gasteiger partial charge >= 0.3 is 0 Å². The highest BCUT2D eigenvalue weighted by Gasteiger charge is 2.22. The van der Waals surface area contributed by atoms with E-state index in [1.54, 1.807) is 7.11 Å². The van der Waals surface area contributed by atoms with Gasteiger partial charge in [0.15, 0.2) is 5.96 Å². The molecule has 0 bridgehead atoms. The Morgan fingerprint density at radius 3 is 2.46 bits per heavy atom. The number of aryl methyl sites for hydroxylation is 1. The van der Waals surface area contributed by atoms with Crippen LogP contribution in [0.3, 0.4) is 0 Å². The molecular formula is C22H30IN3O2. The number of hydrogen-bond donors (Lipinski definition) is 1. The molecule has 0 unspecified atom stereocenters. The van der Waals surface area contributed by atoms with Crippen LogP contribution in [0.5, 0.6) is 11.5 Å². The monoisotopic (exact) mass is 495 g/mol.